The molecule has 0 aliphatic rings. The molecule has 1 heterocycles. The average molecular weight is 326 g/mol. The Kier molecular flexibility index (Phi) is 4.51. The lowest BCUT2D eigenvalue weighted by atomic mass is 9.93. The lowest BCUT2D eigenvalue weighted by molar-refractivity contribution is -0.152. The van der Waals surface area contributed by atoms with Crippen LogP contribution in [0.15, 0.2) is 40.8 Å². The molecule has 7 heteroatoms. The van der Waals surface area contributed by atoms with Crippen LogP contribution in [0.4, 0.5) is 18.9 Å². The highest BCUT2D eigenvalue weighted by Gasteiger charge is 2.40. The van der Waals surface area contributed by atoms with Gasteiger partial charge in [0.1, 0.15) is 5.76 Å². The first-order valence-corrected chi connectivity index (χ1v) is 6.91. The van der Waals surface area contributed by atoms with Crippen LogP contribution in [0.1, 0.15) is 24.0 Å². The van der Waals surface area contributed by atoms with Crippen LogP contribution in [0, 0.1) is 6.92 Å². The van der Waals surface area contributed by atoms with Gasteiger partial charge in [0.25, 0.3) is 0 Å². The SMILES string of the molecule is Cc1cc(NC(=O)C(C)(N)Cc2ccccc2)c(C(F)(F)F)o1. The van der Waals surface area contributed by atoms with Gasteiger partial charge in [0, 0.05) is 6.07 Å². The number of furan rings is 1. The molecule has 0 fully saturated rings. The number of nitrogens with one attached hydrogen (secondary N) is 1. The lowest BCUT2D eigenvalue weighted by Gasteiger charge is -2.23. The number of carbonyl (C=O) groups is 1. The number of carbonyl (C=O) groups excluding carboxylic acids is 1. The van der Waals surface area contributed by atoms with Crippen LogP contribution < -0.4 is 11.1 Å². The molecule has 1 aromatic heterocycles. The standard InChI is InChI=1S/C16H17F3N2O2/c1-10-8-12(13(23-10)16(17,18)19)21-14(22)15(2,20)9-11-6-4-3-5-7-11/h3-8H,9,20H2,1-2H3,(H,21,22). The second-order valence-electron chi connectivity index (χ2n) is 5.63. The van der Waals surface area contributed by atoms with Crippen molar-refractivity contribution in [3.63, 3.8) is 0 Å². The second kappa shape index (κ2) is 6.08. The molecular formula is C16H17F3N2O2. The normalized spacial score (nSPS) is 14.3. The fourth-order valence-electron chi connectivity index (χ4n) is 2.18. The molecule has 1 unspecified atom stereocenters. The van der Waals surface area contributed by atoms with Crippen molar-refractivity contribution in [2.24, 2.45) is 5.73 Å². The van der Waals surface area contributed by atoms with Crippen molar-refractivity contribution in [3.8, 4) is 0 Å². The molecule has 1 aromatic carbocycles. The van der Waals surface area contributed by atoms with Crippen molar-refractivity contribution in [1.29, 1.82) is 0 Å². The van der Waals surface area contributed by atoms with E-state index >= 15 is 0 Å². The van der Waals surface area contributed by atoms with E-state index in [1.807, 2.05) is 6.07 Å². The Balaban J connectivity index is 2.18. The third-order valence-electron chi connectivity index (χ3n) is 3.29. The molecule has 23 heavy (non-hydrogen) atoms. The number of amides is 1. The van der Waals surface area contributed by atoms with Gasteiger partial charge >= 0.3 is 6.18 Å². The van der Waals surface area contributed by atoms with Gasteiger partial charge in [-0.15, -0.1) is 0 Å². The van der Waals surface area contributed by atoms with E-state index in [9.17, 15) is 18.0 Å². The number of anilines is 1. The molecule has 1 atom stereocenters. The van der Waals surface area contributed by atoms with Crippen LogP contribution in [0.2, 0.25) is 0 Å². The first-order valence-electron chi connectivity index (χ1n) is 6.91. The Hall–Kier alpha value is -2.28. The predicted octanol–water partition coefficient (Wildman–Crippen LogP) is 3.51. The largest absolute Gasteiger partial charge is 0.455 e. The molecule has 2 aromatic rings. The van der Waals surface area contributed by atoms with Gasteiger partial charge in [-0.2, -0.15) is 13.2 Å². The Labute approximate surface area is 131 Å². The zero-order valence-corrected chi connectivity index (χ0v) is 12.7. The number of halogens is 3. The highest BCUT2D eigenvalue weighted by molar-refractivity contribution is 5.98. The summed E-state index contributed by atoms with van der Waals surface area (Å²) in [5, 5.41) is 2.22. The molecule has 3 N–H and O–H groups in total. The van der Waals surface area contributed by atoms with E-state index in [1.54, 1.807) is 24.3 Å². The summed E-state index contributed by atoms with van der Waals surface area (Å²) in [7, 11) is 0. The van der Waals surface area contributed by atoms with Crippen molar-refractivity contribution >= 4 is 11.6 Å². The monoisotopic (exact) mass is 326 g/mol. The van der Waals surface area contributed by atoms with Crippen molar-refractivity contribution in [3.05, 3.63) is 53.5 Å². The van der Waals surface area contributed by atoms with Gasteiger partial charge in [0.05, 0.1) is 11.2 Å². The number of aryl methyl sites for hydroxylation is 1. The molecule has 0 aliphatic carbocycles. The number of alkyl halides is 3. The Morgan fingerprint density at radius 2 is 1.87 bits per heavy atom. The van der Waals surface area contributed by atoms with E-state index < -0.39 is 29.1 Å². The molecule has 4 nitrogen and oxygen atoms in total. The van der Waals surface area contributed by atoms with Crippen LogP contribution in [0.3, 0.4) is 0 Å². The van der Waals surface area contributed by atoms with Gasteiger partial charge in [-0.3, -0.25) is 4.79 Å². The minimum absolute atomic E-state index is 0.0504. The minimum atomic E-state index is -4.69. The number of benzene rings is 1. The maximum Gasteiger partial charge on any atom is 0.451 e. The Bertz CT molecular complexity index is 691. The first-order chi connectivity index (χ1) is 10.6. The molecule has 0 saturated heterocycles. The van der Waals surface area contributed by atoms with Crippen LogP contribution in [-0.4, -0.2) is 11.4 Å². The summed E-state index contributed by atoms with van der Waals surface area (Å²) in [6.45, 7) is 2.84. The van der Waals surface area contributed by atoms with Crippen LogP contribution >= 0.6 is 0 Å². The maximum atomic E-state index is 12.9. The lowest BCUT2D eigenvalue weighted by Crippen LogP contribution is -2.50. The zero-order valence-electron chi connectivity index (χ0n) is 12.7. The average Bonchev–Trinajstić information content (AvgIpc) is 2.80. The Morgan fingerprint density at radius 1 is 1.26 bits per heavy atom. The van der Waals surface area contributed by atoms with Crippen LogP contribution in [0.25, 0.3) is 0 Å². The molecule has 124 valence electrons. The topological polar surface area (TPSA) is 68.3 Å². The summed E-state index contributed by atoms with van der Waals surface area (Å²) in [6.07, 6.45) is -4.50. The number of hydrogen-bond donors (Lipinski definition) is 2. The molecule has 0 saturated carbocycles. The smallest absolute Gasteiger partial charge is 0.451 e. The van der Waals surface area contributed by atoms with Crippen LogP contribution in [-0.2, 0) is 17.4 Å². The first kappa shape index (κ1) is 17.1. The second-order valence-corrected chi connectivity index (χ2v) is 5.63. The molecule has 2 rings (SSSR count). The number of hydrogen-bond acceptors (Lipinski definition) is 3. The summed E-state index contributed by atoms with van der Waals surface area (Å²) in [5.74, 6) is -1.90. The van der Waals surface area contributed by atoms with Crippen molar-refractivity contribution in [2.75, 3.05) is 5.32 Å². The molecular weight excluding hydrogens is 309 g/mol. The zero-order chi connectivity index (χ0) is 17.3. The molecule has 0 radical (unpaired) electrons. The van der Waals surface area contributed by atoms with Crippen LogP contribution in [0.5, 0.6) is 0 Å². The highest BCUT2D eigenvalue weighted by Crippen LogP contribution is 2.37. The van der Waals surface area contributed by atoms with Gasteiger partial charge < -0.3 is 15.5 Å². The van der Waals surface area contributed by atoms with Crippen molar-refractivity contribution < 1.29 is 22.4 Å². The van der Waals surface area contributed by atoms with Crippen molar-refractivity contribution in [1.82, 2.24) is 0 Å². The Morgan fingerprint density at radius 3 is 2.43 bits per heavy atom. The number of nitrogens with two attached hydrogens (primary N) is 1. The van der Waals surface area contributed by atoms with E-state index in [0.29, 0.717) is 0 Å². The molecule has 0 bridgehead atoms. The van der Waals surface area contributed by atoms with Gasteiger partial charge in [0.2, 0.25) is 11.7 Å². The highest BCUT2D eigenvalue weighted by atomic mass is 19.4. The number of rotatable bonds is 4. The summed E-state index contributed by atoms with van der Waals surface area (Å²) < 4.78 is 43.3. The summed E-state index contributed by atoms with van der Waals surface area (Å²) in [5.41, 5.74) is 5.00. The third kappa shape index (κ3) is 4.13. The van der Waals surface area contributed by atoms with E-state index in [2.05, 4.69) is 9.73 Å². The molecule has 0 aliphatic heterocycles. The van der Waals surface area contributed by atoms with Gasteiger partial charge in [0.15, 0.2) is 0 Å². The quantitative estimate of drug-likeness (QED) is 0.903. The third-order valence-corrected chi connectivity index (χ3v) is 3.29. The van der Waals surface area contributed by atoms with Crippen molar-refractivity contribution in [2.45, 2.75) is 32.0 Å². The van der Waals surface area contributed by atoms with E-state index in [0.717, 1.165) is 11.6 Å². The van der Waals surface area contributed by atoms with Gasteiger partial charge in [-0.1, -0.05) is 30.3 Å². The summed E-state index contributed by atoms with van der Waals surface area (Å²) >= 11 is 0. The van der Waals surface area contributed by atoms with Gasteiger partial charge in [-0.05, 0) is 25.8 Å². The van der Waals surface area contributed by atoms with E-state index in [1.165, 1.54) is 13.8 Å². The van der Waals surface area contributed by atoms with E-state index in [4.69, 9.17) is 5.73 Å². The molecule has 0 spiro atoms. The summed E-state index contributed by atoms with van der Waals surface area (Å²) in [4.78, 5) is 12.3. The maximum absolute atomic E-state index is 12.9. The van der Waals surface area contributed by atoms with Gasteiger partial charge in [-0.25, -0.2) is 0 Å². The fourth-order valence-corrected chi connectivity index (χ4v) is 2.18. The summed E-state index contributed by atoms with van der Waals surface area (Å²) in [6, 6.07) is 10.1. The fraction of sp³-hybridized carbons (Fsp3) is 0.312. The van der Waals surface area contributed by atoms with E-state index in [-0.39, 0.29) is 12.2 Å². The molecule has 1 amide bonds. The minimum Gasteiger partial charge on any atom is -0.455 e. The predicted molar refractivity (Wildman–Crippen MR) is 79.8 cm³/mol.